The van der Waals surface area contributed by atoms with E-state index in [-0.39, 0.29) is 6.04 Å². The van der Waals surface area contributed by atoms with E-state index in [1.165, 1.54) is 12.8 Å². The lowest BCUT2D eigenvalue weighted by Gasteiger charge is -2.17. The molecule has 1 N–H and O–H groups in total. The fourth-order valence-corrected chi connectivity index (χ4v) is 1.16. The van der Waals surface area contributed by atoms with E-state index in [2.05, 4.69) is 30.3 Å². The van der Waals surface area contributed by atoms with Gasteiger partial charge in [-0.15, -0.1) is 0 Å². The minimum absolute atomic E-state index is 0.00377. The van der Waals surface area contributed by atoms with E-state index in [9.17, 15) is 0 Å². The molecule has 0 aliphatic rings. The lowest BCUT2D eigenvalue weighted by Crippen LogP contribution is -2.30. The summed E-state index contributed by atoms with van der Waals surface area (Å²) in [6.07, 6.45) is 3.39. The van der Waals surface area contributed by atoms with E-state index >= 15 is 0 Å². The number of unbranched alkanes of at least 4 members (excludes halogenated alkanes) is 1. The zero-order valence-corrected chi connectivity index (χ0v) is 9.01. The van der Waals surface area contributed by atoms with Crippen LogP contribution in [0, 0.1) is 11.3 Å². The predicted molar refractivity (Wildman–Crippen MR) is 55.5 cm³/mol. The highest BCUT2D eigenvalue weighted by atomic mass is 15.1. The molecule has 0 rings (SSSR count). The average molecular weight is 183 g/mol. The topological polar surface area (TPSA) is 39.1 Å². The second-order valence-electron chi connectivity index (χ2n) is 3.42. The summed E-state index contributed by atoms with van der Waals surface area (Å²) in [6.45, 7) is 4.33. The molecule has 76 valence electrons. The van der Waals surface area contributed by atoms with E-state index in [4.69, 9.17) is 5.26 Å². The number of nitrogens with zero attached hydrogens (tertiary/aromatic N) is 2. The maximum Gasteiger partial charge on any atom is 0.0962 e. The van der Waals surface area contributed by atoms with Gasteiger partial charge in [0.1, 0.15) is 0 Å². The first-order chi connectivity index (χ1) is 6.24. The summed E-state index contributed by atoms with van der Waals surface area (Å²) in [7, 11) is 3.94. The molecular formula is C10H21N3. The van der Waals surface area contributed by atoms with Crippen molar-refractivity contribution >= 4 is 0 Å². The van der Waals surface area contributed by atoms with Crippen molar-refractivity contribution in [3.63, 3.8) is 0 Å². The van der Waals surface area contributed by atoms with E-state index in [1.54, 1.807) is 0 Å². The largest absolute Gasteiger partial charge is 0.306 e. The van der Waals surface area contributed by atoms with Crippen molar-refractivity contribution in [1.82, 2.24) is 10.2 Å². The Bertz CT molecular complexity index is 151. The monoisotopic (exact) mass is 183 g/mol. The van der Waals surface area contributed by atoms with Crippen LogP contribution in [0.3, 0.4) is 0 Å². The van der Waals surface area contributed by atoms with Crippen LogP contribution in [0.5, 0.6) is 0 Å². The van der Waals surface area contributed by atoms with Crippen LogP contribution < -0.4 is 5.32 Å². The highest BCUT2D eigenvalue weighted by Gasteiger charge is 2.05. The Morgan fingerprint density at radius 2 is 2.15 bits per heavy atom. The first kappa shape index (κ1) is 12.4. The van der Waals surface area contributed by atoms with Gasteiger partial charge in [0.05, 0.1) is 12.1 Å². The molecular weight excluding hydrogens is 162 g/mol. The Kier molecular flexibility index (Phi) is 7.66. The lowest BCUT2D eigenvalue weighted by molar-refractivity contribution is 0.315. The maximum absolute atomic E-state index is 8.68. The first-order valence-electron chi connectivity index (χ1n) is 5.00. The van der Waals surface area contributed by atoms with E-state index in [0.29, 0.717) is 0 Å². The average Bonchev–Trinajstić information content (AvgIpc) is 2.16. The quantitative estimate of drug-likeness (QED) is 0.645. The SMILES string of the molecule is CCCCN(C)CCC(C#N)NC. The molecule has 0 fully saturated rings. The first-order valence-corrected chi connectivity index (χ1v) is 5.00. The Hall–Kier alpha value is -0.590. The van der Waals surface area contributed by atoms with Crippen molar-refractivity contribution in [1.29, 1.82) is 5.26 Å². The van der Waals surface area contributed by atoms with E-state index in [1.807, 2.05) is 7.05 Å². The van der Waals surface area contributed by atoms with Gasteiger partial charge >= 0.3 is 0 Å². The minimum atomic E-state index is 0.00377. The molecule has 0 radical (unpaired) electrons. The van der Waals surface area contributed by atoms with Crippen LogP contribution in [0.1, 0.15) is 26.2 Å². The van der Waals surface area contributed by atoms with Gasteiger partial charge in [0.15, 0.2) is 0 Å². The van der Waals surface area contributed by atoms with Crippen molar-refractivity contribution < 1.29 is 0 Å². The number of nitrogens with one attached hydrogen (secondary N) is 1. The van der Waals surface area contributed by atoms with Gasteiger partial charge in [-0.05, 0) is 33.5 Å². The predicted octanol–water partition coefficient (Wildman–Crippen LogP) is 1.22. The Balaban J connectivity index is 3.45. The van der Waals surface area contributed by atoms with Crippen molar-refractivity contribution in [2.45, 2.75) is 32.2 Å². The molecule has 0 aromatic heterocycles. The second kappa shape index (κ2) is 8.03. The third-order valence-corrected chi connectivity index (χ3v) is 2.20. The molecule has 0 spiro atoms. The third-order valence-electron chi connectivity index (χ3n) is 2.20. The zero-order chi connectivity index (χ0) is 10.1. The van der Waals surface area contributed by atoms with Gasteiger partial charge in [-0.25, -0.2) is 0 Å². The molecule has 0 aliphatic carbocycles. The number of hydrogen-bond acceptors (Lipinski definition) is 3. The Morgan fingerprint density at radius 1 is 1.46 bits per heavy atom. The summed E-state index contributed by atoms with van der Waals surface area (Å²) in [5.74, 6) is 0. The van der Waals surface area contributed by atoms with E-state index in [0.717, 1.165) is 19.5 Å². The summed E-state index contributed by atoms with van der Waals surface area (Å²) in [5, 5.41) is 11.7. The molecule has 1 atom stereocenters. The second-order valence-corrected chi connectivity index (χ2v) is 3.42. The molecule has 0 bridgehead atoms. The van der Waals surface area contributed by atoms with Gasteiger partial charge < -0.3 is 10.2 Å². The van der Waals surface area contributed by atoms with E-state index < -0.39 is 0 Å². The van der Waals surface area contributed by atoms with Gasteiger partial charge in [0, 0.05) is 6.54 Å². The van der Waals surface area contributed by atoms with Gasteiger partial charge in [-0.2, -0.15) is 5.26 Å². The van der Waals surface area contributed by atoms with Crippen LogP contribution in [0.25, 0.3) is 0 Å². The summed E-state index contributed by atoms with van der Waals surface area (Å²) in [6, 6.07) is 2.23. The third kappa shape index (κ3) is 6.56. The zero-order valence-electron chi connectivity index (χ0n) is 9.01. The molecule has 3 heteroatoms. The van der Waals surface area contributed by atoms with Crippen molar-refractivity contribution in [2.75, 3.05) is 27.2 Å². The van der Waals surface area contributed by atoms with Crippen molar-refractivity contribution in [2.24, 2.45) is 0 Å². The molecule has 0 aliphatic heterocycles. The van der Waals surface area contributed by atoms with Crippen LogP contribution >= 0.6 is 0 Å². The number of hydrogen-bond donors (Lipinski definition) is 1. The maximum atomic E-state index is 8.68. The summed E-state index contributed by atoms with van der Waals surface area (Å²) in [5.41, 5.74) is 0. The minimum Gasteiger partial charge on any atom is -0.306 e. The van der Waals surface area contributed by atoms with Crippen LogP contribution in [0.2, 0.25) is 0 Å². The number of rotatable bonds is 7. The molecule has 0 amide bonds. The van der Waals surface area contributed by atoms with Gasteiger partial charge in [0.25, 0.3) is 0 Å². The van der Waals surface area contributed by atoms with Crippen LogP contribution in [-0.2, 0) is 0 Å². The summed E-state index contributed by atoms with van der Waals surface area (Å²) >= 11 is 0. The van der Waals surface area contributed by atoms with Crippen LogP contribution in [-0.4, -0.2) is 38.1 Å². The number of nitriles is 1. The fourth-order valence-electron chi connectivity index (χ4n) is 1.16. The van der Waals surface area contributed by atoms with Crippen LogP contribution in [0.4, 0.5) is 0 Å². The molecule has 0 heterocycles. The molecule has 0 aromatic rings. The molecule has 0 aromatic carbocycles. The Labute approximate surface area is 81.7 Å². The molecule has 1 unspecified atom stereocenters. The van der Waals surface area contributed by atoms with Gasteiger partial charge in [-0.1, -0.05) is 13.3 Å². The molecule has 0 saturated carbocycles. The standard InChI is InChI=1S/C10H21N3/c1-4-5-7-13(3)8-6-10(9-11)12-2/h10,12H,4-8H2,1-3H3. The molecule has 0 saturated heterocycles. The normalized spacial score (nSPS) is 12.8. The fraction of sp³-hybridized carbons (Fsp3) is 0.900. The summed E-state index contributed by atoms with van der Waals surface area (Å²) in [4.78, 5) is 2.28. The smallest absolute Gasteiger partial charge is 0.0962 e. The van der Waals surface area contributed by atoms with Crippen LogP contribution in [0.15, 0.2) is 0 Å². The highest BCUT2D eigenvalue weighted by molar-refractivity contribution is 4.88. The molecule has 3 nitrogen and oxygen atoms in total. The Morgan fingerprint density at radius 3 is 2.62 bits per heavy atom. The summed E-state index contributed by atoms with van der Waals surface area (Å²) < 4.78 is 0. The lowest BCUT2D eigenvalue weighted by atomic mass is 10.2. The van der Waals surface area contributed by atoms with Gasteiger partial charge in [0.2, 0.25) is 0 Å². The highest BCUT2D eigenvalue weighted by Crippen LogP contribution is 1.96. The molecule has 13 heavy (non-hydrogen) atoms. The van der Waals surface area contributed by atoms with Crippen molar-refractivity contribution in [3.05, 3.63) is 0 Å². The van der Waals surface area contributed by atoms with Crippen molar-refractivity contribution in [3.8, 4) is 6.07 Å². The van der Waals surface area contributed by atoms with Gasteiger partial charge in [-0.3, -0.25) is 0 Å².